The molecule has 8 nitrogen and oxygen atoms in total. The second kappa shape index (κ2) is 11.0. The number of ether oxygens (including phenoxy) is 1. The molecule has 30 heavy (non-hydrogen) atoms. The summed E-state index contributed by atoms with van der Waals surface area (Å²) < 4.78 is 7.68. The van der Waals surface area contributed by atoms with Crippen molar-refractivity contribution in [2.45, 2.75) is 6.04 Å². The zero-order chi connectivity index (χ0) is 21.3. The number of nitrogens with one attached hydrogen (secondary N) is 1. The van der Waals surface area contributed by atoms with Crippen LogP contribution in [0.25, 0.3) is 0 Å². The van der Waals surface area contributed by atoms with Crippen LogP contribution in [0.1, 0.15) is 11.6 Å². The Hall–Kier alpha value is -2.58. The van der Waals surface area contributed by atoms with Gasteiger partial charge in [-0.25, -0.2) is 0 Å². The molecule has 1 aromatic heterocycles. The van der Waals surface area contributed by atoms with Gasteiger partial charge in [0.05, 0.1) is 12.2 Å². The first-order valence-electron chi connectivity index (χ1n) is 10.6. The van der Waals surface area contributed by atoms with Crippen molar-refractivity contribution in [3.05, 3.63) is 48.3 Å². The van der Waals surface area contributed by atoms with E-state index in [1.807, 2.05) is 55.3 Å². The summed E-state index contributed by atoms with van der Waals surface area (Å²) in [7, 11) is 8.00. The monoisotopic (exact) mass is 413 g/mol. The van der Waals surface area contributed by atoms with Gasteiger partial charge in [-0.05, 0) is 26.2 Å². The fraction of sp³-hybridized carbons (Fsp3) is 0.545. The van der Waals surface area contributed by atoms with Gasteiger partial charge < -0.3 is 19.9 Å². The van der Waals surface area contributed by atoms with Crippen LogP contribution in [0.4, 0.5) is 0 Å². The fourth-order valence-corrected chi connectivity index (χ4v) is 3.72. The van der Waals surface area contributed by atoms with Gasteiger partial charge in [0.15, 0.2) is 5.96 Å². The predicted molar refractivity (Wildman–Crippen MR) is 121 cm³/mol. The van der Waals surface area contributed by atoms with Gasteiger partial charge in [0.25, 0.3) is 0 Å². The van der Waals surface area contributed by atoms with Crippen LogP contribution in [0.2, 0.25) is 0 Å². The zero-order valence-electron chi connectivity index (χ0n) is 18.7. The Labute approximate surface area is 180 Å². The van der Waals surface area contributed by atoms with E-state index in [9.17, 15) is 0 Å². The summed E-state index contributed by atoms with van der Waals surface area (Å²) in [6, 6.07) is 10.3. The van der Waals surface area contributed by atoms with Gasteiger partial charge >= 0.3 is 0 Å². The highest BCUT2D eigenvalue weighted by Gasteiger charge is 2.21. The summed E-state index contributed by atoms with van der Waals surface area (Å²) in [4.78, 5) is 11.5. The number of rotatable bonds is 8. The van der Waals surface area contributed by atoms with E-state index in [0.29, 0.717) is 6.61 Å². The summed E-state index contributed by atoms with van der Waals surface area (Å²) in [5.41, 5.74) is 1.20. The molecule has 164 valence electrons. The molecule has 1 unspecified atom stereocenters. The van der Waals surface area contributed by atoms with Crippen LogP contribution in [0.15, 0.2) is 47.7 Å². The van der Waals surface area contributed by atoms with Crippen molar-refractivity contribution >= 4 is 5.96 Å². The molecule has 0 saturated carbocycles. The average molecular weight is 414 g/mol. The Bertz CT molecular complexity index is 782. The Morgan fingerprint density at radius 2 is 1.93 bits per heavy atom. The Balaban J connectivity index is 1.43. The summed E-state index contributed by atoms with van der Waals surface area (Å²) >= 11 is 0. The molecule has 0 amide bonds. The third-order valence-corrected chi connectivity index (χ3v) is 5.49. The van der Waals surface area contributed by atoms with Gasteiger partial charge in [0, 0.05) is 65.1 Å². The van der Waals surface area contributed by atoms with Crippen LogP contribution in [0.3, 0.4) is 0 Å². The van der Waals surface area contributed by atoms with Gasteiger partial charge in [0.1, 0.15) is 12.4 Å². The SMILES string of the molecule is CN=C(NCC(c1cnn(C)c1)N(C)C)N1CCN(CCOc2ccccc2)CC1. The predicted octanol–water partition coefficient (Wildman–Crippen LogP) is 1.29. The van der Waals surface area contributed by atoms with Crippen molar-refractivity contribution in [2.24, 2.45) is 12.0 Å². The highest BCUT2D eigenvalue weighted by Crippen LogP contribution is 2.16. The lowest BCUT2D eigenvalue weighted by molar-refractivity contribution is 0.151. The van der Waals surface area contributed by atoms with Gasteiger partial charge in [0.2, 0.25) is 0 Å². The number of aryl methyl sites for hydroxylation is 1. The number of para-hydroxylation sites is 1. The van der Waals surface area contributed by atoms with Crippen molar-refractivity contribution in [1.82, 2.24) is 29.8 Å². The molecule has 1 saturated heterocycles. The minimum Gasteiger partial charge on any atom is -0.492 e. The van der Waals surface area contributed by atoms with Gasteiger partial charge in [-0.1, -0.05) is 18.2 Å². The minimum absolute atomic E-state index is 0.242. The third-order valence-electron chi connectivity index (χ3n) is 5.49. The van der Waals surface area contributed by atoms with Crippen LogP contribution in [0.5, 0.6) is 5.75 Å². The van der Waals surface area contributed by atoms with Crippen molar-refractivity contribution < 1.29 is 4.74 Å². The van der Waals surface area contributed by atoms with Crippen LogP contribution in [-0.2, 0) is 7.05 Å². The Kier molecular flexibility index (Phi) is 8.10. The molecule has 0 spiro atoms. The molecule has 1 aliphatic heterocycles. The van der Waals surface area contributed by atoms with E-state index in [2.05, 4.69) is 50.4 Å². The number of hydrogen-bond acceptors (Lipinski definition) is 5. The zero-order valence-corrected chi connectivity index (χ0v) is 18.7. The lowest BCUT2D eigenvalue weighted by Crippen LogP contribution is -2.53. The van der Waals surface area contributed by atoms with Crippen LogP contribution >= 0.6 is 0 Å². The first-order valence-corrected chi connectivity index (χ1v) is 10.6. The highest BCUT2D eigenvalue weighted by molar-refractivity contribution is 5.80. The second-order valence-corrected chi connectivity index (χ2v) is 7.85. The summed E-state index contributed by atoms with van der Waals surface area (Å²) in [6.07, 6.45) is 4.01. The maximum absolute atomic E-state index is 5.83. The van der Waals surface area contributed by atoms with Crippen LogP contribution in [0, 0.1) is 0 Å². The average Bonchev–Trinajstić information content (AvgIpc) is 3.18. The molecule has 1 atom stereocenters. The maximum atomic E-state index is 5.83. The molecular formula is C22H35N7O. The smallest absolute Gasteiger partial charge is 0.193 e. The highest BCUT2D eigenvalue weighted by atomic mass is 16.5. The van der Waals surface area contributed by atoms with Crippen molar-refractivity contribution in [2.75, 3.05) is 67.0 Å². The molecule has 8 heteroatoms. The number of benzene rings is 1. The lowest BCUT2D eigenvalue weighted by atomic mass is 10.1. The van der Waals surface area contributed by atoms with Crippen molar-refractivity contribution in [3.8, 4) is 5.75 Å². The van der Waals surface area contributed by atoms with Crippen LogP contribution < -0.4 is 10.1 Å². The number of nitrogens with zero attached hydrogens (tertiary/aromatic N) is 6. The number of hydrogen-bond donors (Lipinski definition) is 1. The number of likely N-dealkylation sites (N-methyl/N-ethyl adjacent to an activating group) is 1. The summed E-state index contributed by atoms with van der Waals surface area (Å²) in [6.45, 7) is 6.40. The Morgan fingerprint density at radius 1 is 1.20 bits per heavy atom. The molecule has 1 aliphatic rings. The van der Waals surface area contributed by atoms with E-state index < -0.39 is 0 Å². The van der Waals surface area contributed by atoms with Crippen LogP contribution in [-0.4, -0.2) is 97.5 Å². The van der Waals surface area contributed by atoms with E-state index >= 15 is 0 Å². The van der Waals surface area contributed by atoms with Crippen molar-refractivity contribution in [3.63, 3.8) is 0 Å². The molecule has 0 radical (unpaired) electrons. The topological polar surface area (TPSA) is 61.2 Å². The number of guanidine groups is 1. The van der Waals surface area contributed by atoms with E-state index in [1.165, 1.54) is 5.56 Å². The molecular weight excluding hydrogens is 378 g/mol. The van der Waals surface area contributed by atoms with E-state index in [1.54, 1.807) is 0 Å². The first-order chi connectivity index (χ1) is 14.6. The lowest BCUT2D eigenvalue weighted by Gasteiger charge is -2.37. The maximum Gasteiger partial charge on any atom is 0.193 e. The second-order valence-electron chi connectivity index (χ2n) is 7.85. The fourth-order valence-electron chi connectivity index (χ4n) is 3.72. The number of aliphatic imine (C=N–C) groups is 1. The van der Waals surface area contributed by atoms with E-state index in [0.717, 1.165) is 51.0 Å². The molecule has 2 aromatic rings. The molecule has 0 aliphatic carbocycles. The molecule has 3 rings (SSSR count). The normalized spacial score (nSPS) is 16.7. The summed E-state index contributed by atoms with van der Waals surface area (Å²) in [5, 5.41) is 7.88. The summed E-state index contributed by atoms with van der Waals surface area (Å²) in [5.74, 6) is 1.90. The first kappa shape index (κ1) is 22.1. The van der Waals surface area contributed by atoms with Gasteiger partial charge in [-0.3, -0.25) is 14.6 Å². The third kappa shape index (κ3) is 6.21. The largest absolute Gasteiger partial charge is 0.492 e. The Morgan fingerprint density at radius 3 is 2.53 bits per heavy atom. The minimum atomic E-state index is 0.242. The van der Waals surface area contributed by atoms with Gasteiger partial charge in [-0.15, -0.1) is 0 Å². The molecule has 2 heterocycles. The standard InChI is InChI=1S/C22H35N7O/c1-23-22(24-17-21(26(2)3)19-16-25-27(4)18-19)29-12-10-28(11-13-29)14-15-30-20-8-6-5-7-9-20/h5-9,16,18,21H,10-15,17H2,1-4H3,(H,23,24). The number of aromatic nitrogens is 2. The molecule has 1 fully saturated rings. The quantitative estimate of drug-likeness (QED) is 0.520. The van der Waals surface area contributed by atoms with E-state index in [4.69, 9.17) is 4.74 Å². The molecule has 1 N–H and O–H groups in total. The molecule has 1 aromatic carbocycles. The van der Waals surface area contributed by atoms with Crippen molar-refractivity contribution in [1.29, 1.82) is 0 Å². The molecule has 0 bridgehead atoms. The van der Waals surface area contributed by atoms with E-state index in [-0.39, 0.29) is 6.04 Å². The number of piperazine rings is 1. The van der Waals surface area contributed by atoms with Gasteiger partial charge in [-0.2, -0.15) is 5.10 Å².